The summed E-state index contributed by atoms with van der Waals surface area (Å²) in [5.41, 5.74) is 1.95. The zero-order valence-electron chi connectivity index (χ0n) is 15.4. The van der Waals surface area contributed by atoms with Crippen LogP contribution in [0.4, 0.5) is 5.69 Å². The molecule has 0 aromatic heterocycles. The molecule has 27 heavy (non-hydrogen) atoms. The topological polar surface area (TPSA) is 83.5 Å². The highest BCUT2D eigenvalue weighted by Gasteiger charge is 2.28. The number of hydrogen-bond acceptors (Lipinski definition) is 4. The molecule has 1 fully saturated rings. The molecule has 7 heteroatoms. The average Bonchev–Trinajstić information content (AvgIpc) is 3.17. The van der Waals surface area contributed by atoms with Crippen molar-refractivity contribution in [3.8, 4) is 0 Å². The number of aryl methyl sites for hydroxylation is 1. The van der Waals surface area contributed by atoms with Gasteiger partial charge in [-0.2, -0.15) is 4.31 Å². The molecule has 1 saturated heterocycles. The molecule has 1 N–H and O–H groups in total. The summed E-state index contributed by atoms with van der Waals surface area (Å²) < 4.78 is 27.0. The van der Waals surface area contributed by atoms with Gasteiger partial charge in [-0.25, -0.2) is 8.42 Å². The molecule has 0 atom stereocenters. The van der Waals surface area contributed by atoms with Gasteiger partial charge < -0.3 is 5.32 Å². The maximum atomic E-state index is 12.8. The summed E-state index contributed by atoms with van der Waals surface area (Å²) >= 11 is 0. The molecule has 0 saturated carbocycles. The predicted octanol–water partition coefficient (Wildman–Crippen LogP) is 3.23. The molecule has 3 rings (SSSR count). The van der Waals surface area contributed by atoms with E-state index >= 15 is 0 Å². The third kappa shape index (κ3) is 4.09. The first-order valence-electron chi connectivity index (χ1n) is 8.82. The Morgan fingerprint density at radius 3 is 2.41 bits per heavy atom. The Balaban J connectivity index is 1.89. The number of hydrogen-bond donors (Lipinski definition) is 1. The van der Waals surface area contributed by atoms with Gasteiger partial charge in [0, 0.05) is 29.9 Å². The Morgan fingerprint density at radius 2 is 1.74 bits per heavy atom. The number of nitrogens with zero attached hydrogens (tertiary/aromatic N) is 1. The molecule has 1 amide bonds. The van der Waals surface area contributed by atoms with Crippen LogP contribution in [0.5, 0.6) is 0 Å². The molecule has 0 spiro atoms. The van der Waals surface area contributed by atoms with Crippen LogP contribution in [-0.4, -0.2) is 37.5 Å². The van der Waals surface area contributed by atoms with Crippen LogP contribution in [-0.2, 0) is 10.0 Å². The first kappa shape index (κ1) is 19.3. The fourth-order valence-corrected chi connectivity index (χ4v) is 4.64. The predicted molar refractivity (Wildman–Crippen MR) is 104 cm³/mol. The van der Waals surface area contributed by atoms with Crippen LogP contribution < -0.4 is 5.32 Å². The second-order valence-electron chi connectivity index (χ2n) is 6.68. The van der Waals surface area contributed by atoms with E-state index in [9.17, 15) is 18.0 Å². The van der Waals surface area contributed by atoms with Crippen LogP contribution in [0.1, 0.15) is 46.0 Å². The van der Waals surface area contributed by atoms with E-state index in [1.165, 1.54) is 23.4 Å². The van der Waals surface area contributed by atoms with Crippen molar-refractivity contribution in [1.29, 1.82) is 0 Å². The van der Waals surface area contributed by atoms with Gasteiger partial charge in [0.2, 0.25) is 10.0 Å². The van der Waals surface area contributed by atoms with E-state index < -0.39 is 15.9 Å². The Hall–Kier alpha value is -2.51. The van der Waals surface area contributed by atoms with Gasteiger partial charge in [-0.05, 0) is 56.5 Å². The van der Waals surface area contributed by atoms with E-state index in [1.54, 1.807) is 37.3 Å². The molecule has 2 aromatic carbocycles. The number of carbonyl (C=O) groups is 2. The van der Waals surface area contributed by atoms with Crippen molar-refractivity contribution in [3.63, 3.8) is 0 Å². The van der Waals surface area contributed by atoms with Crippen LogP contribution in [0.2, 0.25) is 0 Å². The molecule has 2 aromatic rings. The molecule has 1 aliphatic heterocycles. The molecule has 0 aliphatic carbocycles. The van der Waals surface area contributed by atoms with Crippen molar-refractivity contribution in [2.45, 2.75) is 31.6 Å². The monoisotopic (exact) mass is 386 g/mol. The minimum Gasteiger partial charge on any atom is -0.322 e. The van der Waals surface area contributed by atoms with Crippen molar-refractivity contribution in [2.24, 2.45) is 0 Å². The first-order valence-corrected chi connectivity index (χ1v) is 10.3. The van der Waals surface area contributed by atoms with Crippen molar-refractivity contribution in [1.82, 2.24) is 4.31 Å². The fraction of sp³-hybridized carbons (Fsp3) is 0.300. The average molecular weight is 386 g/mol. The molecular formula is C20H22N2O4S. The lowest BCUT2D eigenvalue weighted by atomic mass is 10.1. The van der Waals surface area contributed by atoms with Crippen molar-refractivity contribution < 1.29 is 18.0 Å². The smallest absolute Gasteiger partial charge is 0.255 e. The second kappa shape index (κ2) is 7.62. The summed E-state index contributed by atoms with van der Waals surface area (Å²) in [7, 11) is -3.59. The van der Waals surface area contributed by atoms with E-state index in [1.807, 2.05) is 0 Å². The summed E-state index contributed by atoms with van der Waals surface area (Å²) in [6, 6.07) is 11.2. The van der Waals surface area contributed by atoms with Crippen LogP contribution in [0.15, 0.2) is 47.4 Å². The number of sulfonamides is 1. The van der Waals surface area contributed by atoms with Gasteiger partial charge >= 0.3 is 0 Å². The SMILES string of the molecule is CC(=O)c1cccc(NC(=O)c2cc(S(=O)(=O)N3CCCC3)ccc2C)c1. The number of nitrogens with one attached hydrogen (secondary N) is 1. The first-order chi connectivity index (χ1) is 12.8. The molecule has 6 nitrogen and oxygen atoms in total. The fourth-order valence-electron chi connectivity index (χ4n) is 3.10. The van der Waals surface area contributed by atoms with E-state index in [-0.39, 0.29) is 10.7 Å². The third-order valence-electron chi connectivity index (χ3n) is 4.68. The number of carbonyl (C=O) groups excluding carboxylic acids is 2. The lowest BCUT2D eigenvalue weighted by Gasteiger charge is -2.17. The third-order valence-corrected chi connectivity index (χ3v) is 6.58. The Labute approximate surface area is 159 Å². The largest absolute Gasteiger partial charge is 0.322 e. The molecular weight excluding hydrogens is 364 g/mol. The van der Waals surface area contributed by atoms with Gasteiger partial charge in [0.15, 0.2) is 5.78 Å². The van der Waals surface area contributed by atoms with Crippen molar-refractivity contribution in [2.75, 3.05) is 18.4 Å². The Bertz CT molecular complexity index is 993. The van der Waals surface area contributed by atoms with E-state index in [4.69, 9.17) is 0 Å². The Morgan fingerprint density at radius 1 is 1.04 bits per heavy atom. The minimum atomic E-state index is -3.59. The zero-order chi connectivity index (χ0) is 19.6. The summed E-state index contributed by atoms with van der Waals surface area (Å²) in [6.45, 7) is 4.23. The van der Waals surface area contributed by atoms with E-state index in [0.29, 0.717) is 35.5 Å². The maximum absolute atomic E-state index is 12.8. The number of ketones is 1. The number of anilines is 1. The number of Topliss-reactive ketones (excluding diaryl/α,β-unsaturated/α-hetero) is 1. The molecule has 142 valence electrons. The molecule has 1 heterocycles. The quantitative estimate of drug-likeness (QED) is 0.800. The number of benzene rings is 2. The van der Waals surface area contributed by atoms with Gasteiger partial charge in [0.05, 0.1) is 4.90 Å². The van der Waals surface area contributed by atoms with E-state index in [2.05, 4.69) is 5.32 Å². The molecule has 0 unspecified atom stereocenters. The van der Waals surface area contributed by atoms with Crippen molar-refractivity contribution in [3.05, 3.63) is 59.2 Å². The van der Waals surface area contributed by atoms with E-state index in [0.717, 1.165) is 12.8 Å². The van der Waals surface area contributed by atoms with Crippen molar-refractivity contribution >= 4 is 27.4 Å². The van der Waals surface area contributed by atoms with Gasteiger partial charge in [-0.15, -0.1) is 0 Å². The molecule has 0 radical (unpaired) electrons. The lowest BCUT2D eigenvalue weighted by Crippen LogP contribution is -2.28. The summed E-state index contributed by atoms with van der Waals surface area (Å²) in [5, 5.41) is 2.74. The highest BCUT2D eigenvalue weighted by atomic mass is 32.2. The Kier molecular flexibility index (Phi) is 5.43. The van der Waals surface area contributed by atoms with Crippen LogP contribution in [0, 0.1) is 6.92 Å². The highest BCUT2D eigenvalue weighted by Crippen LogP contribution is 2.24. The van der Waals surface area contributed by atoms with Crippen LogP contribution in [0.25, 0.3) is 0 Å². The highest BCUT2D eigenvalue weighted by molar-refractivity contribution is 7.89. The minimum absolute atomic E-state index is 0.0963. The maximum Gasteiger partial charge on any atom is 0.255 e. The molecule has 1 aliphatic rings. The van der Waals surface area contributed by atoms with Gasteiger partial charge in [0.1, 0.15) is 0 Å². The molecule has 0 bridgehead atoms. The number of rotatable bonds is 5. The summed E-state index contributed by atoms with van der Waals surface area (Å²) in [5.74, 6) is -0.507. The normalized spacial score (nSPS) is 14.9. The van der Waals surface area contributed by atoms with Gasteiger partial charge in [0.25, 0.3) is 5.91 Å². The van der Waals surface area contributed by atoms with Crippen LogP contribution >= 0.6 is 0 Å². The summed E-state index contributed by atoms with van der Waals surface area (Å²) in [4.78, 5) is 24.3. The van der Waals surface area contributed by atoms with Gasteiger partial charge in [-0.3, -0.25) is 9.59 Å². The lowest BCUT2D eigenvalue weighted by molar-refractivity contribution is 0.101. The van der Waals surface area contributed by atoms with Gasteiger partial charge in [-0.1, -0.05) is 18.2 Å². The standard InChI is InChI=1S/C20H22N2O4S/c1-14-8-9-18(27(25,26)22-10-3-4-11-22)13-19(14)20(24)21-17-7-5-6-16(12-17)15(2)23/h5-9,12-13H,3-4,10-11H2,1-2H3,(H,21,24). The zero-order valence-corrected chi connectivity index (χ0v) is 16.2. The second-order valence-corrected chi connectivity index (χ2v) is 8.62. The summed E-state index contributed by atoms with van der Waals surface area (Å²) in [6.07, 6.45) is 1.70. The van der Waals surface area contributed by atoms with Crippen LogP contribution in [0.3, 0.4) is 0 Å². The number of amides is 1.